The molecule has 0 rings (SSSR count). The van der Waals surface area contributed by atoms with Crippen LogP contribution >= 0.6 is 8.61 Å². The van der Waals surface area contributed by atoms with Gasteiger partial charge in [0, 0.05) is 0 Å². The molecule has 0 bridgehead atoms. The van der Waals surface area contributed by atoms with E-state index in [1.165, 1.54) is 0 Å². The Balaban J connectivity index is 3.58. The lowest BCUT2D eigenvalue weighted by molar-refractivity contribution is -0.144. The van der Waals surface area contributed by atoms with Crippen molar-refractivity contribution in [2.24, 2.45) is 0 Å². The van der Waals surface area contributed by atoms with Crippen molar-refractivity contribution in [1.29, 1.82) is 0 Å². The number of hydrogen-bond donors (Lipinski definition) is 1. The van der Waals surface area contributed by atoms with Crippen molar-refractivity contribution >= 4 is 14.6 Å². The van der Waals surface area contributed by atoms with Crippen molar-refractivity contribution < 1.29 is 14.1 Å². The van der Waals surface area contributed by atoms with Crippen molar-refractivity contribution in [2.75, 3.05) is 6.61 Å². The Morgan fingerprint density at radius 2 is 2.40 bits per heavy atom. The highest BCUT2D eigenvalue weighted by molar-refractivity contribution is 7.21. The van der Waals surface area contributed by atoms with Gasteiger partial charge in [0.25, 0.3) is 0 Å². The van der Waals surface area contributed by atoms with E-state index in [0.29, 0.717) is 6.61 Å². The Bertz CT molecular complexity index is 128. The summed E-state index contributed by atoms with van der Waals surface area (Å²) in [5.41, 5.74) is 0. The molecule has 59 valence electrons. The van der Waals surface area contributed by atoms with E-state index >= 15 is 0 Å². The fraction of sp³-hybridized carbons (Fsp3) is 0.800. The van der Waals surface area contributed by atoms with Gasteiger partial charge in [-0.25, -0.2) is 5.09 Å². The molecule has 0 saturated heterocycles. The molecule has 0 heterocycles. The summed E-state index contributed by atoms with van der Waals surface area (Å²) in [7, 11) is -0.665. The zero-order valence-electron chi connectivity index (χ0n) is 6.01. The highest BCUT2D eigenvalue weighted by Gasteiger charge is 2.11. The van der Waals surface area contributed by atoms with Crippen LogP contribution in [0.15, 0.2) is 0 Å². The van der Waals surface area contributed by atoms with E-state index in [0.717, 1.165) is 0 Å². The Kier molecular flexibility index (Phi) is 5.08. The average molecular weight is 164 g/mol. The van der Waals surface area contributed by atoms with Crippen LogP contribution in [-0.2, 0) is 14.1 Å². The second kappa shape index (κ2) is 5.33. The molecule has 0 aliphatic rings. The largest absolute Gasteiger partial charge is 0.465 e. The minimum atomic E-state index is -0.665. The second-order valence-electron chi connectivity index (χ2n) is 1.72. The number of hydrogen-bond acceptors (Lipinski definition) is 3. The molecule has 2 atom stereocenters. The van der Waals surface area contributed by atoms with E-state index in [4.69, 9.17) is 0 Å². The summed E-state index contributed by atoms with van der Waals surface area (Å²) < 4.78 is 14.6. The molecule has 0 aromatic rings. The first-order valence-electron chi connectivity index (χ1n) is 3.01. The normalized spacial score (nSPS) is 13.0. The molecule has 0 aromatic carbocycles. The Morgan fingerprint density at radius 1 is 1.80 bits per heavy atom. The van der Waals surface area contributed by atoms with Crippen LogP contribution in [-0.4, -0.2) is 18.6 Å². The smallest absolute Gasteiger partial charge is 0.323 e. The Hall–Kier alpha value is -0.470. The molecule has 0 aliphatic heterocycles. The molecule has 1 radical (unpaired) electrons. The van der Waals surface area contributed by atoms with E-state index < -0.39 is 14.7 Å². The number of ether oxygens (including phenoxy) is 1. The molecule has 0 spiro atoms. The fourth-order valence-corrected chi connectivity index (χ4v) is 0.709. The van der Waals surface area contributed by atoms with Gasteiger partial charge in [0.05, 0.1) is 6.61 Å². The predicted octanol–water partition coefficient (Wildman–Crippen LogP) is 0.467. The SMILES string of the molecule is CCOC(=O)[C@H](C)N[PH]=O. The van der Waals surface area contributed by atoms with Gasteiger partial charge in [0.1, 0.15) is 14.7 Å². The summed E-state index contributed by atoms with van der Waals surface area (Å²) in [5.74, 6) is -0.370. The molecule has 1 N–H and O–H groups in total. The van der Waals surface area contributed by atoms with Gasteiger partial charge < -0.3 is 4.74 Å². The van der Waals surface area contributed by atoms with Crippen LogP contribution in [0.4, 0.5) is 0 Å². The van der Waals surface area contributed by atoms with Gasteiger partial charge in [-0.2, -0.15) is 0 Å². The standard InChI is InChI=1S/C5H11NO3P/c1-3-9-5(7)4(2)6-10-8/h4,10H,3H2,1-2H3,(H,6,8)/t4-/m0/s1. The first kappa shape index (κ1) is 9.53. The second-order valence-corrected chi connectivity index (χ2v) is 2.21. The minimum Gasteiger partial charge on any atom is -0.465 e. The van der Waals surface area contributed by atoms with Crippen LogP contribution in [0.5, 0.6) is 0 Å². The molecule has 0 aliphatic carbocycles. The number of rotatable bonds is 4. The zero-order valence-corrected chi connectivity index (χ0v) is 7.01. The topological polar surface area (TPSA) is 55.4 Å². The van der Waals surface area contributed by atoms with Crippen LogP contribution in [0.2, 0.25) is 0 Å². The van der Waals surface area contributed by atoms with Crippen molar-refractivity contribution in [3.63, 3.8) is 0 Å². The molecular weight excluding hydrogens is 153 g/mol. The van der Waals surface area contributed by atoms with Crippen molar-refractivity contribution in [3.8, 4) is 0 Å². The molecule has 0 amide bonds. The summed E-state index contributed by atoms with van der Waals surface area (Å²) in [4.78, 5) is 10.7. The summed E-state index contributed by atoms with van der Waals surface area (Å²) in [6.45, 7) is 3.68. The number of carbonyl (C=O) groups is 1. The Labute approximate surface area is 61.2 Å². The summed E-state index contributed by atoms with van der Waals surface area (Å²) in [6.07, 6.45) is 0. The number of esters is 1. The van der Waals surface area contributed by atoms with Crippen LogP contribution in [0.3, 0.4) is 0 Å². The van der Waals surface area contributed by atoms with Gasteiger partial charge in [0.2, 0.25) is 0 Å². The van der Waals surface area contributed by atoms with E-state index in [9.17, 15) is 9.36 Å². The summed E-state index contributed by atoms with van der Waals surface area (Å²) in [5, 5.41) is 2.43. The zero-order chi connectivity index (χ0) is 7.98. The third-order valence-electron chi connectivity index (χ3n) is 0.916. The molecule has 0 aromatic heterocycles. The van der Waals surface area contributed by atoms with Gasteiger partial charge in [-0.1, -0.05) is 0 Å². The lowest BCUT2D eigenvalue weighted by atomic mass is 10.4. The maximum atomic E-state index is 10.7. The van der Waals surface area contributed by atoms with E-state index in [-0.39, 0.29) is 5.97 Å². The van der Waals surface area contributed by atoms with Gasteiger partial charge >= 0.3 is 5.97 Å². The molecule has 0 fully saturated rings. The summed E-state index contributed by atoms with van der Waals surface area (Å²) >= 11 is 0. The molecule has 1 unspecified atom stereocenters. The maximum Gasteiger partial charge on any atom is 0.323 e. The quantitative estimate of drug-likeness (QED) is 0.484. The van der Waals surface area contributed by atoms with Gasteiger partial charge in [0.15, 0.2) is 0 Å². The van der Waals surface area contributed by atoms with E-state index in [2.05, 4.69) is 9.82 Å². The lowest BCUT2D eigenvalue weighted by Gasteiger charge is -2.06. The first-order chi connectivity index (χ1) is 4.72. The molecular formula is C5H11NO3P. The number of nitrogens with one attached hydrogen (secondary N) is 1. The van der Waals surface area contributed by atoms with Gasteiger partial charge in [-0.15, -0.1) is 0 Å². The molecule has 10 heavy (non-hydrogen) atoms. The van der Waals surface area contributed by atoms with Crippen molar-refractivity contribution in [1.82, 2.24) is 5.09 Å². The van der Waals surface area contributed by atoms with Crippen LogP contribution in [0.1, 0.15) is 13.8 Å². The third kappa shape index (κ3) is 3.54. The Morgan fingerprint density at radius 3 is 2.80 bits per heavy atom. The predicted molar refractivity (Wildman–Crippen MR) is 38.2 cm³/mol. The highest BCUT2D eigenvalue weighted by Crippen LogP contribution is 1.92. The maximum absolute atomic E-state index is 10.7. The van der Waals surface area contributed by atoms with Crippen LogP contribution in [0.25, 0.3) is 0 Å². The third-order valence-corrected chi connectivity index (χ3v) is 1.47. The summed E-state index contributed by atoms with van der Waals surface area (Å²) in [6, 6.07) is -0.476. The molecule has 0 saturated carbocycles. The highest BCUT2D eigenvalue weighted by atomic mass is 31.1. The van der Waals surface area contributed by atoms with E-state index in [1.807, 2.05) is 0 Å². The van der Waals surface area contributed by atoms with E-state index in [1.54, 1.807) is 13.8 Å². The monoisotopic (exact) mass is 164 g/mol. The molecule has 5 heteroatoms. The molecule has 4 nitrogen and oxygen atoms in total. The fourth-order valence-electron chi connectivity index (χ4n) is 0.415. The van der Waals surface area contributed by atoms with Gasteiger partial charge in [-0.05, 0) is 13.8 Å². The van der Waals surface area contributed by atoms with Gasteiger partial charge in [-0.3, -0.25) is 9.36 Å². The number of carbonyl (C=O) groups excluding carboxylic acids is 1. The van der Waals surface area contributed by atoms with Crippen LogP contribution in [0, 0.1) is 0 Å². The first-order valence-corrected chi connectivity index (χ1v) is 3.92. The van der Waals surface area contributed by atoms with Crippen LogP contribution < -0.4 is 5.09 Å². The lowest BCUT2D eigenvalue weighted by Crippen LogP contribution is -2.29. The van der Waals surface area contributed by atoms with Crippen molar-refractivity contribution in [3.05, 3.63) is 0 Å². The average Bonchev–Trinajstić information content (AvgIpc) is 1.89. The minimum absolute atomic E-state index is 0.354. The van der Waals surface area contributed by atoms with Crippen molar-refractivity contribution in [2.45, 2.75) is 19.9 Å².